The molecule has 0 aliphatic rings. The van der Waals surface area contributed by atoms with Gasteiger partial charge in [-0.3, -0.25) is 4.79 Å². The van der Waals surface area contributed by atoms with Gasteiger partial charge in [-0.25, -0.2) is 13.1 Å². The quantitative estimate of drug-likeness (QED) is 0.794. The molecule has 0 heterocycles. The van der Waals surface area contributed by atoms with E-state index in [9.17, 15) is 13.2 Å². The standard InChI is InChI=1S/C18H23N3O3S/c1-4-21(16-8-6-5-7-9-16)13-18(22)20-15-11-10-14(2)17(12-15)25(23,24)19-3/h5-12,19H,4,13H2,1-3H3,(H,20,22). The summed E-state index contributed by atoms with van der Waals surface area (Å²) in [5.41, 5.74) is 2.03. The highest BCUT2D eigenvalue weighted by molar-refractivity contribution is 7.89. The number of nitrogens with one attached hydrogen (secondary N) is 2. The number of aryl methyl sites for hydroxylation is 1. The van der Waals surface area contributed by atoms with Gasteiger partial charge in [-0.2, -0.15) is 0 Å². The summed E-state index contributed by atoms with van der Waals surface area (Å²) in [4.78, 5) is 14.4. The Labute approximate surface area is 148 Å². The molecule has 0 spiro atoms. The van der Waals surface area contributed by atoms with Gasteiger partial charge in [-0.15, -0.1) is 0 Å². The topological polar surface area (TPSA) is 78.5 Å². The van der Waals surface area contributed by atoms with Gasteiger partial charge in [0, 0.05) is 17.9 Å². The highest BCUT2D eigenvalue weighted by atomic mass is 32.2. The minimum atomic E-state index is -3.57. The van der Waals surface area contributed by atoms with Crippen LogP contribution in [0.3, 0.4) is 0 Å². The molecule has 0 unspecified atom stereocenters. The number of benzene rings is 2. The number of amides is 1. The minimum absolute atomic E-state index is 0.156. The smallest absolute Gasteiger partial charge is 0.243 e. The lowest BCUT2D eigenvalue weighted by Gasteiger charge is -2.22. The molecule has 0 saturated heterocycles. The monoisotopic (exact) mass is 361 g/mol. The van der Waals surface area contributed by atoms with Gasteiger partial charge in [0.15, 0.2) is 0 Å². The van der Waals surface area contributed by atoms with Gasteiger partial charge in [0.05, 0.1) is 11.4 Å². The van der Waals surface area contributed by atoms with Crippen LogP contribution in [0.2, 0.25) is 0 Å². The first-order chi connectivity index (χ1) is 11.9. The first kappa shape index (κ1) is 19.0. The van der Waals surface area contributed by atoms with E-state index in [0.717, 1.165) is 5.69 Å². The van der Waals surface area contributed by atoms with Crippen LogP contribution in [0.5, 0.6) is 0 Å². The Morgan fingerprint density at radius 1 is 1.12 bits per heavy atom. The second kappa shape index (κ2) is 8.13. The SMILES string of the molecule is CCN(CC(=O)Nc1ccc(C)c(S(=O)(=O)NC)c1)c1ccccc1. The number of nitrogens with zero attached hydrogens (tertiary/aromatic N) is 1. The molecular weight excluding hydrogens is 338 g/mol. The van der Waals surface area contributed by atoms with Gasteiger partial charge < -0.3 is 10.2 Å². The maximum atomic E-state index is 12.4. The number of carbonyl (C=O) groups excluding carboxylic acids is 1. The Morgan fingerprint density at radius 3 is 2.40 bits per heavy atom. The second-order valence-electron chi connectivity index (χ2n) is 5.59. The average molecular weight is 361 g/mol. The van der Waals surface area contributed by atoms with E-state index in [1.807, 2.05) is 42.2 Å². The molecule has 0 fully saturated rings. The molecule has 0 aliphatic carbocycles. The van der Waals surface area contributed by atoms with Gasteiger partial charge in [0.1, 0.15) is 0 Å². The van der Waals surface area contributed by atoms with E-state index in [2.05, 4.69) is 10.0 Å². The van der Waals surface area contributed by atoms with Crippen molar-refractivity contribution in [3.05, 3.63) is 54.1 Å². The molecule has 2 aromatic carbocycles. The fraction of sp³-hybridized carbons (Fsp3) is 0.278. The zero-order chi connectivity index (χ0) is 18.4. The van der Waals surface area contributed by atoms with E-state index in [1.54, 1.807) is 19.1 Å². The fourth-order valence-corrected chi connectivity index (χ4v) is 3.47. The number of carbonyl (C=O) groups is 1. The van der Waals surface area contributed by atoms with E-state index >= 15 is 0 Å². The number of likely N-dealkylation sites (N-methyl/N-ethyl adjacent to an activating group) is 1. The van der Waals surface area contributed by atoms with Crippen LogP contribution in [-0.4, -0.2) is 34.5 Å². The highest BCUT2D eigenvalue weighted by Crippen LogP contribution is 2.20. The summed E-state index contributed by atoms with van der Waals surface area (Å²) in [5, 5.41) is 2.77. The summed E-state index contributed by atoms with van der Waals surface area (Å²) in [7, 11) is -2.21. The molecule has 7 heteroatoms. The molecule has 134 valence electrons. The number of para-hydroxylation sites is 1. The number of hydrogen-bond donors (Lipinski definition) is 2. The lowest BCUT2D eigenvalue weighted by Crippen LogP contribution is -2.33. The van der Waals surface area contributed by atoms with E-state index in [0.29, 0.717) is 17.8 Å². The maximum absolute atomic E-state index is 12.4. The predicted molar refractivity (Wildman–Crippen MR) is 100 cm³/mol. The van der Waals surface area contributed by atoms with Gasteiger partial charge >= 0.3 is 0 Å². The van der Waals surface area contributed by atoms with Crippen LogP contribution < -0.4 is 14.9 Å². The molecular formula is C18H23N3O3S. The molecule has 2 rings (SSSR count). The second-order valence-corrected chi connectivity index (χ2v) is 7.44. The van der Waals surface area contributed by atoms with Crippen molar-refractivity contribution in [1.82, 2.24) is 4.72 Å². The average Bonchev–Trinajstić information content (AvgIpc) is 2.62. The number of rotatable bonds is 7. The third kappa shape index (κ3) is 4.80. The largest absolute Gasteiger partial charge is 0.362 e. The maximum Gasteiger partial charge on any atom is 0.243 e. The Morgan fingerprint density at radius 2 is 1.80 bits per heavy atom. The molecule has 25 heavy (non-hydrogen) atoms. The molecule has 0 aromatic heterocycles. The van der Waals surface area contributed by atoms with Crippen LogP contribution in [-0.2, 0) is 14.8 Å². The van der Waals surface area contributed by atoms with Crippen molar-refractivity contribution in [2.45, 2.75) is 18.7 Å². The zero-order valence-corrected chi connectivity index (χ0v) is 15.4. The fourth-order valence-electron chi connectivity index (χ4n) is 2.48. The van der Waals surface area contributed by atoms with E-state index < -0.39 is 10.0 Å². The Balaban J connectivity index is 2.14. The summed E-state index contributed by atoms with van der Waals surface area (Å²) >= 11 is 0. The first-order valence-corrected chi connectivity index (χ1v) is 9.49. The number of sulfonamides is 1. The molecule has 2 aromatic rings. The molecule has 6 nitrogen and oxygen atoms in total. The molecule has 0 atom stereocenters. The normalized spacial score (nSPS) is 11.2. The Bertz CT molecular complexity index is 836. The van der Waals surface area contributed by atoms with Gasteiger partial charge in [-0.05, 0) is 50.7 Å². The van der Waals surface area contributed by atoms with Crippen LogP contribution in [0.4, 0.5) is 11.4 Å². The third-order valence-electron chi connectivity index (χ3n) is 3.87. The van der Waals surface area contributed by atoms with Crippen molar-refractivity contribution in [2.75, 3.05) is 30.4 Å². The molecule has 0 saturated carbocycles. The molecule has 0 aliphatic heterocycles. The van der Waals surface area contributed by atoms with Crippen molar-refractivity contribution in [3.8, 4) is 0 Å². The zero-order valence-electron chi connectivity index (χ0n) is 14.6. The summed E-state index contributed by atoms with van der Waals surface area (Å²) in [6, 6.07) is 14.5. The summed E-state index contributed by atoms with van der Waals surface area (Å²) in [5.74, 6) is -0.206. The lowest BCUT2D eigenvalue weighted by atomic mass is 10.2. The van der Waals surface area contributed by atoms with E-state index in [-0.39, 0.29) is 17.3 Å². The van der Waals surface area contributed by atoms with E-state index in [4.69, 9.17) is 0 Å². The Kier molecular flexibility index (Phi) is 6.17. The highest BCUT2D eigenvalue weighted by Gasteiger charge is 2.16. The lowest BCUT2D eigenvalue weighted by molar-refractivity contribution is -0.115. The predicted octanol–water partition coefficient (Wildman–Crippen LogP) is 2.37. The van der Waals surface area contributed by atoms with Crippen molar-refractivity contribution in [2.24, 2.45) is 0 Å². The van der Waals surface area contributed by atoms with Crippen LogP contribution in [0.1, 0.15) is 12.5 Å². The van der Waals surface area contributed by atoms with Gasteiger partial charge in [-0.1, -0.05) is 24.3 Å². The van der Waals surface area contributed by atoms with Crippen molar-refractivity contribution in [1.29, 1.82) is 0 Å². The number of hydrogen-bond acceptors (Lipinski definition) is 4. The summed E-state index contributed by atoms with van der Waals surface area (Å²) < 4.78 is 26.4. The molecule has 0 bridgehead atoms. The Hall–Kier alpha value is -2.38. The van der Waals surface area contributed by atoms with Crippen LogP contribution in [0, 0.1) is 6.92 Å². The number of anilines is 2. The third-order valence-corrected chi connectivity index (χ3v) is 5.42. The van der Waals surface area contributed by atoms with Gasteiger partial charge in [0.25, 0.3) is 0 Å². The van der Waals surface area contributed by atoms with Crippen molar-refractivity contribution >= 4 is 27.3 Å². The summed E-state index contributed by atoms with van der Waals surface area (Å²) in [6.45, 7) is 4.56. The van der Waals surface area contributed by atoms with Crippen molar-refractivity contribution < 1.29 is 13.2 Å². The molecule has 1 amide bonds. The van der Waals surface area contributed by atoms with Gasteiger partial charge in [0.2, 0.25) is 15.9 Å². The first-order valence-electron chi connectivity index (χ1n) is 8.01. The van der Waals surface area contributed by atoms with E-state index in [1.165, 1.54) is 13.1 Å². The van der Waals surface area contributed by atoms with Crippen LogP contribution in [0.25, 0.3) is 0 Å². The van der Waals surface area contributed by atoms with Crippen LogP contribution in [0.15, 0.2) is 53.4 Å². The molecule has 0 radical (unpaired) electrons. The summed E-state index contributed by atoms with van der Waals surface area (Å²) in [6.07, 6.45) is 0. The van der Waals surface area contributed by atoms with Crippen LogP contribution >= 0.6 is 0 Å². The van der Waals surface area contributed by atoms with Crippen molar-refractivity contribution in [3.63, 3.8) is 0 Å². The minimum Gasteiger partial charge on any atom is -0.362 e. The molecule has 2 N–H and O–H groups in total.